The van der Waals surface area contributed by atoms with Gasteiger partial charge in [0.2, 0.25) is 0 Å². The van der Waals surface area contributed by atoms with Gasteiger partial charge in [0.05, 0.1) is 12.1 Å². The minimum atomic E-state index is -0.455. The fourth-order valence-corrected chi connectivity index (χ4v) is 2.18. The SMILES string of the molecule is C#CCn1c(-c2ccc(Cl)cc2)cc(C(N)=O)c1C. The number of terminal acetylenes is 1. The van der Waals surface area contributed by atoms with Crippen LogP contribution in [0.2, 0.25) is 5.02 Å². The van der Waals surface area contributed by atoms with Gasteiger partial charge in [0.15, 0.2) is 0 Å². The predicted octanol–water partition coefficient (Wildman–Crippen LogP) is 2.85. The average Bonchev–Trinajstić information content (AvgIpc) is 2.69. The summed E-state index contributed by atoms with van der Waals surface area (Å²) in [4.78, 5) is 11.4. The molecule has 3 nitrogen and oxygen atoms in total. The Hall–Kier alpha value is -2.18. The van der Waals surface area contributed by atoms with Crippen molar-refractivity contribution < 1.29 is 4.79 Å². The predicted molar refractivity (Wildman–Crippen MR) is 77.0 cm³/mol. The molecule has 0 aliphatic heterocycles. The zero-order valence-corrected chi connectivity index (χ0v) is 11.2. The van der Waals surface area contributed by atoms with Gasteiger partial charge in [0.25, 0.3) is 5.91 Å². The molecule has 1 aromatic heterocycles. The summed E-state index contributed by atoms with van der Waals surface area (Å²) in [7, 11) is 0. The van der Waals surface area contributed by atoms with Gasteiger partial charge in [-0.3, -0.25) is 4.79 Å². The van der Waals surface area contributed by atoms with E-state index < -0.39 is 5.91 Å². The first-order chi connectivity index (χ1) is 9.04. The van der Waals surface area contributed by atoms with E-state index in [-0.39, 0.29) is 0 Å². The Labute approximate surface area is 117 Å². The molecule has 0 atom stereocenters. The second-order valence-corrected chi connectivity index (χ2v) is 4.63. The molecule has 0 unspecified atom stereocenters. The minimum Gasteiger partial charge on any atom is -0.366 e. The zero-order valence-electron chi connectivity index (χ0n) is 10.5. The summed E-state index contributed by atoms with van der Waals surface area (Å²) in [5.74, 6) is 2.13. The van der Waals surface area contributed by atoms with Crippen LogP contribution in [0, 0.1) is 19.3 Å². The summed E-state index contributed by atoms with van der Waals surface area (Å²) >= 11 is 5.87. The van der Waals surface area contributed by atoms with Gasteiger partial charge in [0.1, 0.15) is 0 Å². The van der Waals surface area contributed by atoms with Crippen molar-refractivity contribution in [3.05, 3.63) is 46.6 Å². The third-order valence-electron chi connectivity index (χ3n) is 3.02. The van der Waals surface area contributed by atoms with Crippen LogP contribution in [0.5, 0.6) is 0 Å². The molecule has 0 fully saturated rings. The number of primary amides is 1. The van der Waals surface area contributed by atoms with Crippen molar-refractivity contribution in [1.82, 2.24) is 4.57 Å². The molecule has 19 heavy (non-hydrogen) atoms. The lowest BCUT2D eigenvalue weighted by atomic mass is 10.1. The van der Waals surface area contributed by atoms with E-state index in [4.69, 9.17) is 23.8 Å². The molecule has 2 rings (SSSR count). The molecule has 0 aliphatic carbocycles. The Bertz CT molecular complexity index is 663. The number of benzene rings is 1. The van der Waals surface area contributed by atoms with E-state index in [1.807, 2.05) is 23.6 Å². The van der Waals surface area contributed by atoms with Gasteiger partial charge in [-0.15, -0.1) is 6.42 Å². The third kappa shape index (κ3) is 2.49. The molecule has 0 radical (unpaired) electrons. The zero-order chi connectivity index (χ0) is 14.0. The molecule has 0 saturated carbocycles. The van der Waals surface area contributed by atoms with Gasteiger partial charge in [-0.25, -0.2) is 0 Å². The lowest BCUT2D eigenvalue weighted by molar-refractivity contribution is 0.0999. The smallest absolute Gasteiger partial charge is 0.250 e. The first-order valence-corrected chi connectivity index (χ1v) is 6.11. The van der Waals surface area contributed by atoms with E-state index >= 15 is 0 Å². The topological polar surface area (TPSA) is 48.0 Å². The van der Waals surface area contributed by atoms with E-state index in [0.717, 1.165) is 17.0 Å². The maximum Gasteiger partial charge on any atom is 0.250 e. The van der Waals surface area contributed by atoms with Crippen LogP contribution in [-0.4, -0.2) is 10.5 Å². The molecule has 2 aromatic rings. The number of aromatic nitrogens is 1. The highest BCUT2D eigenvalue weighted by atomic mass is 35.5. The van der Waals surface area contributed by atoms with Crippen molar-refractivity contribution in [3.63, 3.8) is 0 Å². The van der Waals surface area contributed by atoms with E-state index in [1.165, 1.54) is 0 Å². The van der Waals surface area contributed by atoms with Gasteiger partial charge >= 0.3 is 0 Å². The van der Waals surface area contributed by atoms with Crippen molar-refractivity contribution in [2.24, 2.45) is 5.73 Å². The van der Waals surface area contributed by atoms with E-state index in [2.05, 4.69) is 5.92 Å². The third-order valence-corrected chi connectivity index (χ3v) is 3.27. The van der Waals surface area contributed by atoms with Gasteiger partial charge in [-0.05, 0) is 30.7 Å². The molecule has 96 valence electrons. The van der Waals surface area contributed by atoms with Crippen LogP contribution in [0.15, 0.2) is 30.3 Å². The normalized spacial score (nSPS) is 10.2. The lowest BCUT2D eigenvalue weighted by Gasteiger charge is -2.08. The second kappa shape index (κ2) is 5.21. The van der Waals surface area contributed by atoms with E-state index in [0.29, 0.717) is 17.1 Å². The van der Waals surface area contributed by atoms with Crippen molar-refractivity contribution in [1.29, 1.82) is 0 Å². The van der Waals surface area contributed by atoms with E-state index in [1.54, 1.807) is 18.2 Å². The first kappa shape index (κ1) is 13.3. The quantitative estimate of drug-likeness (QED) is 0.858. The number of nitrogens with two attached hydrogens (primary N) is 1. The largest absolute Gasteiger partial charge is 0.366 e. The summed E-state index contributed by atoms with van der Waals surface area (Å²) in [6.45, 7) is 2.22. The van der Waals surface area contributed by atoms with Crippen molar-refractivity contribution in [3.8, 4) is 23.6 Å². The van der Waals surface area contributed by atoms with Gasteiger partial charge in [-0.1, -0.05) is 29.7 Å². The van der Waals surface area contributed by atoms with Gasteiger partial charge in [-0.2, -0.15) is 0 Å². The van der Waals surface area contributed by atoms with Crippen LogP contribution in [0.3, 0.4) is 0 Å². The molecule has 2 N–H and O–H groups in total. The summed E-state index contributed by atoms with van der Waals surface area (Å²) in [5, 5.41) is 0.658. The molecular formula is C15H13ClN2O. The Balaban J connectivity index is 2.62. The number of nitrogens with zero attached hydrogens (tertiary/aromatic N) is 1. The molecule has 1 amide bonds. The first-order valence-electron chi connectivity index (χ1n) is 5.74. The molecule has 1 heterocycles. The summed E-state index contributed by atoms with van der Waals surface area (Å²) in [5.41, 5.74) is 8.43. The molecule has 0 aliphatic rings. The Morgan fingerprint density at radius 2 is 2.05 bits per heavy atom. The molecule has 0 spiro atoms. The van der Waals surface area contributed by atoms with Crippen LogP contribution < -0.4 is 5.73 Å². The fraction of sp³-hybridized carbons (Fsp3) is 0.133. The highest BCUT2D eigenvalue weighted by molar-refractivity contribution is 6.30. The van der Waals surface area contributed by atoms with E-state index in [9.17, 15) is 4.79 Å². The Morgan fingerprint density at radius 3 is 2.58 bits per heavy atom. The van der Waals surface area contributed by atoms with Crippen LogP contribution in [0.4, 0.5) is 0 Å². The summed E-state index contributed by atoms with van der Waals surface area (Å²) < 4.78 is 1.89. The van der Waals surface area contributed by atoms with Crippen LogP contribution in [0.25, 0.3) is 11.3 Å². The Morgan fingerprint density at radius 1 is 1.42 bits per heavy atom. The maximum atomic E-state index is 11.4. The number of hydrogen-bond acceptors (Lipinski definition) is 1. The van der Waals surface area contributed by atoms with Crippen molar-refractivity contribution >= 4 is 17.5 Å². The van der Waals surface area contributed by atoms with Crippen LogP contribution in [0.1, 0.15) is 16.1 Å². The number of halogens is 1. The van der Waals surface area contributed by atoms with Gasteiger partial charge in [0, 0.05) is 16.4 Å². The summed E-state index contributed by atoms with van der Waals surface area (Å²) in [6.07, 6.45) is 5.38. The van der Waals surface area contributed by atoms with Crippen LogP contribution >= 0.6 is 11.6 Å². The summed E-state index contributed by atoms with van der Waals surface area (Å²) in [6, 6.07) is 9.12. The molecular weight excluding hydrogens is 260 g/mol. The minimum absolute atomic E-state index is 0.386. The number of carbonyl (C=O) groups excluding carboxylic acids is 1. The maximum absolute atomic E-state index is 11.4. The number of amides is 1. The number of carbonyl (C=O) groups is 1. The lowest BCUT2D eigenvalue weighted by Crippen LogP contribution is -2.12. The number of hydrogen-bond donors (Lipinski definition) is 1. The molecule has 0 bridgehead atoms. The van der Waals surface area contributed by atoms with Crippen LogP contribution in [-0.2, 0) is 6.54 Å². The van der Waals surface area contributed by atoms with Gasteiger partial charge < -0.3 is 10.3 Å². The number of rotatable bonds is 3. The molecule has 1 aromatic carbocycles. The standard InChI is InChI=1S/C15H13ClN2O/c1-3-8-18-10(2)13(15(17)19)9-14(18)11-4-6-12(16)7-5-11/h1,4-7,9H,8H2,2H3,(H2,17,19). The Kier molecular flexibility index (Phi) is 3.64. The highest BCUT2D eigenvalue weighted by Crippen LogP contribution is 2.26. The monoisotopic (exact) mass is 272 g/mol. The average molecular weight is 273 g/mol. The molecule has 0 saturated heterocycles. The van der Waals surface area contributed by atoms with Crippen molar-refractivity contribution in [2.75, 3.05) is 0 Å². The second-order valence-electron chi connectivity index (χ2n) is 4.19. The highest BCUT2D eigenvalue weighted by Gasteiger charge is 2.15. The van der Waals surface area contributed by atoms with Crippen molar-refractivity contribution in [2.45, 2.75) is 13.5 Å². The molecule has 4 heteroatoms. The fourth-order valence-electron chi connectivity index (χ4n) is 2.05.